The van der Waals surface area contributed by atoms with Gasteiger partial charge in [-0.1, -0.05) is 6.07 Å². The average Bonchev–Trinajstić information content (AvgIpc) is 3.42. The minimum Gasteiger partial charge on any atom is -0.443 e. The molecule has 0 bridgehead atoms. The Morgan fingerprint density at radius 2 is 1.92 bits per heavy atom. The molecule has 5 rings (SSSR count). The molecule has 38 heavy (non-hydrogen) atoms. The van der Waals surface area contributed by atoms with E-state index in [0.717, 1.165) is 32.4 Å². The number of likely N-dealkylation sites (tertiary alicyclic amines) is 1. The largest absolute Gasteiger partial charge is 0.443 e. The summed E-state index contributed by atoms with van der Waals surface area (Å²) in [4.78, 5) is 35.8. The monoisotopic (exact) mass is 522 g/mol. The standard InChI is InChI=1S/C28H35FN6O3/c1-28(2,3)38-27(37)34(16-18-6-7-18)25-11-10-24-30-15-23(35(24)31-25)19-8-9-21(22(29)14-19)26(36)33(5)20-12-13-32(4)17-20/h8-11,14-15,18,20H,6-7,12-13,16-17H2,1-5H3. The summed E-state index contributed by atoms with van der Waals surface area (Å²) >= 11 is 0. The first-order valence-electron chi connectivity index (χ1n) is 13.1. The third kappa shape index (κ3) is 5.50. The molecule has 1 saturated carbocycles. The van der Waals surface area contributed by atoms with Crippen LogP contribution in [-0.2, 0) is 4.74 Å². The van der Waals surface area contributed by atoms with Crippen LogP contribution >= 0.6 is 0 Å². The van der Waals surface area contributed by atoms with Gasteiger partial charge in [0.25, 0.3) is 5.91 Å². The molecule has 1 unspecified atom stereocenters. The quantitative estimate of drug-likeness (QED) is 0.475. The fraction of sp³-hybridized carbons (Fsp3) is 0.500. The van der Waals surface area contributed by atoms with Crippen molar-refractivity contribution in [3.05, 3.63) is 47.9 Å². The molecule has 0 radical (unpaired) electrons. The van der Waals surface area contributed by atoms with Crippen LogP contribution in [0.3, 0.4) is 0 Å². The molecule has 0 spiro atoms. The van der Waals surface area contributed by atoms with Gasteiger partial charge in [-0.3, -0.25) is 9.69 Å². The van der Waals surface area contributed by atoms with E-state index in [4.69, 9.17) is 9.84 Å². The second-order valence-electron chi connectivity index (χ2n) is 11.5. The van der Waals surface area contributed by atoms with Crippen LogP contribution in [0.1, 0.15) is 50.4 Å². The molecule has 3 aromatic rings. The van der Waals surface area contributed by atoms with Crippen LogP contribution in [0.2, 0.25) is 0 Å². The summed E-state index contributed by atoms with van der Waals surface area (Å²) in [6.45, 7) is 7.71. The van der Waals surface area contributed by atoms with Gasteiger partial charge in [0.05, 0.1) is 17.5 Å². The van der Waals surface area contributed by atoms with Gasteiger partial charge < -0.3 is 14.5 Å². The number of aromatic nitrogens is 3. The van der Waals surface area contributed by atoms with Gasteiger partial charge in [0.1, 0.15) is 11.4 Å². The first-order chi connectivity index (χ1) is 18.0. The molecule has 3 heterocycles. The molecule has 1 aromatic carbocycles. The minimum atomic E-state index is -0.637. The number of hydrogen-bond acceptors (Lipinski definition) is 6. The molecule has 10 heteroatoms. The van der Waals surface area contributed by atoms with Crippen LogP contribution in [0.25, 0.3) is 16.9 Å². The van der Waals surface area contributed by atoms with Crippen LogP contribution in [0.4, 0.5) is 15.0 Å². The summed E-state index contributed by atoms with van der Waals surface area (Å²) in [5.41, 5.74) is 1.05. The molecule has 1 aliphatic carbocycles. The number of imidazole rings is 1. The number of benzene rings is 1. The first kappa shape index (κ1) is 26.1. The molecule has 2 amide bonds. The molecule has 2 fully saturated rings. The molecular weight excluding hydrogens is 487 g/mol. The summed E-state index contributed by atoms with van der Waals surface area (Å²) in [6, 6.07) is 8.16. The molecule has 1 atom stereocenters. The lowest BCUT2D eigenvalue weighted by Crippen LogP contribution is -2.39. The lowest BCUT2D eigenvalue weighted by Gasteiger charge is -2.26. The SMILES string of the molecule is CN1CCC(N(C)C(=O)c2ccc(-c3cnc4ccc(N(CC5CC5)C(=O)OC(C)(C)C)nn34)cc2F)C1. The van der Waals surface area contributed by atoms with E-state index in [2.05, 4.69) is 9.88 Å². The third-order valence-electron chi connectivity index (χ3n) is 7.11. The van der Waals surface area contributed by atoms with E-state index in [1.807, 2.05) is 27.8 Å². The van der Waals surface area contributed by atoms with E-state index in [1.54, 1.807) is 45.8 Å². The van der Waals surface area contributed by atoms with Gasteiger partial charge >= 0.3 is 6.09 Å². The smallest absolute Gasteiger partial charge is 0.416 e. The molecule has 9 nitrogen and oxygen atoms in total. The van der Waals surface area contributed by atoms with E-state index in [1.165, 1.54) is 12.1 Å². The zero-order chi connectivity index (χ0) is 27.2. The van der Waals surface area contributed by atoms with Crippen LogP contribution in [0.15, 0.2) is 36.5 Å². The number of nitrogens with zero attached hydrogens (tertiary/aromatic N) is 6. The van der Waals surface area contributed by atoms with Crippen molar-refractivity contribution in [2.45, 2.75) is 51.7 Å². The number of anilines is 1. The Labute approximate surface area is 222 Å². The van der Waals surface area contributed by atoms with Crippen molar-refractivity contribution in [1.29, 1.82) is 0 Å². The van der Waals surface area contributed by atoms with E-state index in [0.29, 0.717) is 35.2 Å². The Balaban J connectivity index is 1.43. The van der Waals surface area contributed by atoms with Crippen molar-refractivity contribution < 1.29 is 18.7 Å². The number of ether oxygens (including phenoxy) is 1. The third-order valence-corrected chi connectivity index (χ3v) is 7.11. The molecular formula is C28H35FN6O3. The number of carbonyl (C=O) groups is 2. The predicted octanol–water partition coefficient (Wildman–Crippen LogP) is 4.46. The van der Waals surface area contributed by atoms with Gasteiger partial charge in [-0.25, -0.2) is 18.7 Å². The molecule has 2 aliphatic rings. The van der Waals surface area contributed by atoms with Crippen LogP contribution in [0.5, 0.6) is 0 Å². The van der Waals surface area contributed by atoms with Gasteiger partial charge in [-0.15, -0.1) is 5.10 Å². The maximum Gasteiger partial charge on any atom is 0.416 e. The van der Waals surface area contributed by atoms with Crippen LogP contribution < -0.4 is 4.90 Å². The number of fused-ring (bicyclic) bond motifs is 1. The van der Waals surface area contributed by atoms with E-state index in [9.17, 15) is 9.59 Å². The second-order valence-corrected chi connectivity index (χ2v) is 11.5. The number of hydrogen-bond donors (Lipinski definition) is 0. The summed E-state index contributed by atoms with van der Waals surface area (Å²) in [7, 11) is 3.75. The normalized spacial score (nSPS) is 18.1. The van der Waals surface area contributed by atoms with Crippen molar-refractivity contribution in [2.24, 2.45) is 5.92 Å². The first-order valence-corrected chi connectivity index (χ1v) is 13.1. The summed E-state index contributed by atoms with van der Waals surface area (Å²) in [5.74, 6) is -0.0700. The van der Waals surface area contributed by atoms with E-state index >= 15 is 4.39 Å². The van der Waals surface area contributed by atoms with Crippen molar-refractivity contribution in [3.63, 3.8) is 0 Å². The Hall–Kier alpha value is -3.53. The predicted molar refractivity (Wildman–Crippen MR) is 143 cm³/mol. The average molecular weight is 523 g/mol. The topological polar surface area (TPSA) is 83.3 Å². The molecule has 0 N–H and O–H groups in total. The highest BCUT2D eigenvalue weighted by Gasteiger charge is 2.32. The maximum atomic E-state index is 15.3. The Morgan fingerprint density at radius 3 is 2.55 bits per heavy atom. The van der Waals surface area contributed by atoms with Gasteiger partial charge in [-0.2, -0.15) is 0 Å². The molecule has 202 valence electrons. The van der Waals surface area contributed by atoms with E-state index < -0.39 is 17.5 Å². The van der Waals surface area contributed by atoms with Gasteiger partial charge in [-0.05, 0) is 83.8 Å². The van der Waals surface area contributed by atoms with Gasteiger partial charge in [0, 0.05) is 31.7 Å². The Kier molecular flexibility index (Phi) is 6.85. The van der Waals surface area contributed by atoms with Crippen molar-refractivity contribution in [2.75, 3.05) is 38.6 Å². The van der Waals surface area contributed by atoms with Crippen molar-refractivity contribution in [1.82, 2.24) is 24.4 Å². The van der Waals surface area contributed by atoms with Crippen LogP contribution in [-0.4, -0.2) is 81.8 Å². The highest BCUT2D eigenvalue weighted by Crippen LogP contribution is 2.32. The molecule has 1 saturated heterocycles. The Bertz CT molecular complexity index is 1360. The van der Waals surface area contributed by atoms with Gasteiger partial charge in [0.2, 0.25) is 0 Å². The highest BCUT2D eigenvalue weighted by atomic mass is 19.1. The molecule has 2 aromatic heterocycles. The number of halogens is 1. The lowest BCUT2D eigenvalue weighted by molar-refractivity contribution is 0.0576. The fourth-order valence-corrected chi connectivity index (χ4v) is 4.77. The zero-order valence-corrected chi connectivity index (χ0v) is 22.6. The minimum absolute atomic E-state index is 0.0359. The van der Waals surface area contributed by atoms with Crippen LogP contribution in [0, 0.1) is 11.7 Å². The summed E-state index contributed by atoms with van der Waals surface area (Å²) in [5, 5.41) is 4.70. The fourth-order valence-electron chi connectivity index (χ4n) is 4.77. The Morgan fingerprint density at radius 1 is 1.16 bits per heavy atom. The molecule has 1 aliphatic heterocycles. The lowest BCUT2D eigenvalue weighted by atomic mass is 10.1. The maximum absolute atomic E-state index is 15.3. The summed E-state index contributed by atoms with van der Waals surface area (Å²) < 4.78 is 22.5. The van der Waals surface area contributed by atoms with Crippen molar-refractivity contribution in [3.8, 4) is 11.3 Å². The number of amides is 2. The van der Waals surface area contributed by atoms with E-state index in [-0.39, 0.29) is 17.5 Å². The highest BCUT2D eigenvalue weighted by molar-refractivity contribution is 5.95. The number of rotatable bonds is 6. The summed E-state index contributed by atoms with van der Waals surface area (Å²) in [6.07, 6.45) is 4.16. The zero-order valence-electron chi connectivity index (χ0n) is 22.6. The second kappa shape index (κ2) is 9.98. The van der Waals surface area contributed by atoms with Crippen molar-refractivity contribution >= 4 is 23.5 Å². The van der Waals surface area contributed by atoms with Gasteiger partial charge in [0.15, 0.2) is 11.5 Å². The number of likely N-dealkylation sites (N-methyl/N-ethyl adjacent to an activating group) is 2. The number of carbonyl (C=O) groups excluding carboxylic acids is 2.